The molecule has 3 aromatic rings. The van der Waals surface area contributed by atoms with E-state index >= 15 is 0 Å². The van der Waals surface area contributed by atoms with E-state index in [1.54, 1.807) is 4.90 Å². The van der Waals surface area contributed by atoms with Crippen LogP contribution in [0.3, 0.4) is 0 Å². The number of fused-ring (bicyclic) bond motifs is 2. The van der Waals surface area contributed by atoms with Gasteiger partial charge in [0.1, 0.15) is 12.6 Å². The minimum absolute atomic E-state index is 0.0660. The Balaban J connectivity index is 1.13. The standard InChI is InChI=1S/C30H36N4O2/c1-31-18-25(26-9-5-6-10-27(26)31)19-33-21-29(35)34-16-15-32(20-28(34)30(33)36)17-22-11-13-24(14-12-22)23-7-3-2-4-8-23/h5-6,9-14,18,23,28H,2-4,7-8,15-17,19-21H2,1H3. The van der Waals surface area contributed by atoms with E-state index in [1.807, 2.05) is 24.1 Å². The lowest BCUT2D eigenvalue weighted by Gasteiger charge is -2.46. The molecule has 188 valence electrons. The molecule has 3 aliphatic rings. The second kappa shape index (κ2) is 9.74. The Labute approximate surface area is 213 Å². The lowest BCUT2D eigenvalue weighted by molar-refractivity contribution is -0.160. The second-order valence-electron chi connectivity index (χ2n) is 10.9. The summed E-state index contributed by atoms with van der Waals surface area (Å²) >= 11 is 0. The zero-order chi connectivity index (χ0) is 24.6. The summed E-state index contributed by atoms with van der Waals surface area (Å²) in [6.45, 7) is 3.49. The lowest BCUT2D eigenvalue weighted by atomic mass is 9.84. The molecule has 6 rings (SSSR count). The molecule has 6 heteroatoms. The van der Waals surface area contributed by atoms with Gasteiger partial charge in [-0.3, -0.25) is 14.5 Å². The molecular weight excluding hydrogens is 448 g/mol. The van der Waals surface area contributed by atoms with Crippen LogP contribution in [0.25, 0.3) is 10.9 Å². The van der Waals surface area contributed by atoms with E-state index in [0.29, 0.717) is 19.6 Å². The fraction of sp³-hybridized carbons (Fsp3) is 0.467. The highest BCUT2D eigenvalue weighted by Crippen LogP contribution is 2.33. The zero-order valence-electron chi connectivity index (χ0n) is 21.2. The highest BCUT2D eigenvalue weighted by molar-refractivity contribution is 5.95. The maximum atomic E-state index is 13.6. The van der Waals surface area contributed by atoms with Gasteiger partial charge < -0.3 is 14.4 Å². The number of benzene rings is 2. The third kappa shape index (κ3) is 4.43. The van der Waals surface area contributed by atoms with Gasteiger partial charge in [-0.2, -0.15) is 0 Å². The van der Waals surface area contributed by atoms with Crippen molar-refractivity contribution in [3.8, 4) is 0 Å². The molecule has 2 aliphatic heterocycles. The van der Waals surface area contributed by atoms with Gasteiger partial charge in [0.05, 0.1) is 0 Å². The number of carbonyl (C=O) groups is 2. The average molecular weight is 485 g/mol. The minimum Gasteiger partial charge on any atom is -0.350 e. The first kappa shape index (κ1) is 23.3. The van der Waals surface area contributed by atoms with Crippen molar-refractivity contribution in [1.29, 1.82) is 0 Å². The predicted molar refractivity (Wildman–Crippen MR) is 141 cm³/mol. The van der Waals surface area contributed by atoms with E-state index in [-0.39, 0.29) is 18.4 Å². The first-order valence-corrected chi connectivity index (χ1v) is 13.5. The fourth-order valence-electron chi connectivity index (χ4n) is 6.52. The van der Waals surface area contributed by atoms with Crippen molar-refractivity contribution in [3.05, 3.63) is 71.4 Å². The largest absolute Gasteiger partial charge is 0.350 e. The third-order valence-corrected chi connectivity index (χ3v) is 8.51. The summed E-state index contributed by atoms with van der Waals surface area (Å²) in [4.78, 5) is 32.5. The van der Waals surface area contributed by atoms with Crippen LogP contribution in [0.15, 0.2) is 54.7 Å². The third-order valence-electron chi connectivity index (χ3n) is 8.51. The number of carbonyl (C=O) groups excluding carboxylic acids is 2. The van der Waals surface area contributed by atoms with Gasteiger partial charge in [-0.25, -0.2) is 0 Å². The molecule has 6 nitrogen and oxygen atoms in total. The number of aromatic nitrogens is 1. The van der Waals surface area contributed by atoms with Crippen LogP contribution in [0.1, 0.15) is 54.7 Å². The maximum absolute atomic E-state index is 13.6. The summed E-state index contributed by atoms with van der Waals surface area (Å²) in [6, 6.07) is 17.0. The van der Waals surface area contributed by atoms with Crippen LogP contribution in [0, 0.1) is 0 Å². The van der Waals surface area contributed by atoms with Crippen LogP contribution in [0.2, 0.25) is 0 Å². The Bertz CT molecular complexity index is 1260. The van der Waals surface area contributed by atoms with Crippen LogP contribution in [0.4, 0.5) is 0 Å². The molecule has 0 spiro atoms. The van der Waals surface area contributed by atoms with Crippen molar-refractivity contribution in [1.82, 2.24) is 19.3 Å². The Hall–Kier alpha value is -3.12. The van der Waals surface area contributed by atoms with Crippen molar-refractivity contribution in [2.24, 2.45) is 7.05 Å². The zero-order valence-corrected chi connectivity index (χ0v) is 21.2. The number of piperazine rings is 2. The van der Waals surface area contributed by atoms with Crippen molar-refractivity contribution in [2.45, 2.75) is 57.2 Å². The molecule has 1 atom stereocenters. The molecule has 0 radical (unpaired) electrons. The van der Waals surface area contributed by atoms with E-state index in [4.69, 9.17) is 0 Å². The first-order valence-electron chi connectivity index (χ1n) is 13.5. The van der Waals surface area contributed by atoms with E-state index in [1.165, 1.54) is 43.2 Å². The molecule has 36 heavy (non-hydrogen) atoms. The smallest absolute Gasteiger partial charge is 0.247 e. The van der Waals surface area contributed by atoms with Crippen molar-refractivity contribution in [2.75, 3.05) is 26.2 Å². The van der Waals surface area contributed by atoms with Gasteiger partial charge in [-0.1, -0.05) is 61.7 Å². The van der Waals surface area contributed by atoms with E-state index in [0.717, 1.165) is 35.5 Å². The molecule has 1 unspecified atom stereocenters. The number of rotatable bonds is 5. The van der Waals surface area contributed by atoms with Crippen molar-refractivity contribution < 1.29 is 9.59 Å². The number of amides is 2. The predicted octanol–water partition coefficient (Wildman–Crippen LogP) is 4.28. The molecule has 3 fully saturated rings. The molecule has 1 aromatic heterocycles. The second-order valence-corrected chi connectivity index (χ2v) is 10.9. The molecule has 2 amide bonds. The fourth-order valence-corrected chi connectivity index (χ4v) is 6.52. The first-order chi connectivity index (χ1) is 17.6. The summed E-state index contributed by atoms with van der Waals surface area (Å²) in [5, 5.41) is 1.14. The quantitative estimate of drug-likeness (QED) is 0.543. The van der Waals surface area contributed by atoms with Gasteiger partial charge >= 0.3 is 0 Å². The molecule has 3 heterocycles. The lowest BCUT2D eigenvalue weighted by Crippen LogP contribution is -2.66. The molecule has 0 bridgehead atoms. The Morgan fingerprint density at radius 3 is 2.47 bits per heavy atom. The van der Waals surface area contributed by atoms with E-state index < -0.39 is 6.04 Å². The van der Waals surface area contributed by atoms with Crippen molar-refractivity contribution in [3.63, 3.8) is 0 Å². The summed E-state index contributed by atoms with van der Waals surface area (Å²) in [5.74, 6) is 0.853. The normalized spacial score (nSPS) is 21.9. The van der Waals surface area contributed by atoms with Crippen molar-refractivity contribution >= 4 is 22.7 Å². The highest BCUT2D eigenvalue weighted by atomic mass is 16.2. The van der Waals surface area contributed by atoms with Gasteiger partial charge in [0.2, 0.25) is 11.8 Å². The van der Waals surface area contributed by atoms with E-state index in [2.05, 4.69) is 52.1 Å². The van der Waals surface area contributed by atoms with Gasteiger partial charge in [0.15, 0.2) is 0 Å². The van der Waals surface area contributed by atoms with Crippen LogP contribution in [-0.2, 0) is 29.7 Å². The Kier molecular flexibility index (Phi) is 6.30. The van der Waals surface area contributed by atoms with Gasteiger partial charge in [-0.05, 0) is 41.5 Å². The number of aryl methyl sites for hydroxylation is 1. The molecule has 0 N–H and O–H groups in total. The Morgan fingerprint density at radius 1 is 0.889 bits per heavy atom. The summed E-state index contributed by atoms with van der Waals surface area (Å²) in [6.07, 6.45) is 8.79. The van der Waals surface area contributed by atoms with Crippen LogP contribution in [-0.4, -0.2) is 63.3 Å². The van der Waals surface area contributed by atoms with Gasteiger partial charge in [0, 0.05) is 56.9 Å². The highest BCUT2D eigenvalue weighted by Gasteiger charge is 2.42. The van der Waals surface area contributed by atoms with Crippen LogP contribution >= 0.6 is 0 Å². The topological polar surface area (TPSA) is 48.8 Å². The number of nitrogens with zero attached hydrogens (tertiary/aromatic N) is 4. The minimum atomic E-state index is -0.392. The molecule has 1 aliphatic carbocycles. The number of para-hydroxylation sites is 1. The van der Waals surface area contributed by atoms with Crippen LogP contribution < -0.4 is 0 Å². The number of hydrogen-bond donors (Lipinski definition) is 0. The number of hydrogen-bond acceptors (Lipinski definition) is 3. The average Bonchev–Trinajstić information content (AvgIpc) is 3.23. The van der Waals surface area contributed by atoms with Gasteiger partial charge in [0.25, 0.3) is 0 Å². The monoisotopic (exact) mass is 484 g/mol. The molecule has 2 aromatic carbocycles. The summed E-state index contributed by atoms with van der Waals surface area (Å²) < 4.78 is 2.09. The van der Waals surface area contributed by atoms with Gasteiger partial charge in [-0.15, -0.1) is 0 Å². The summed E-state index contributed by atoms with van der Waals surface area (Å²) in [5.41, 5.74) is 4.99. The Morgan fingerprint density at radius 2 is 1.67 bits per heavy atom. The van der Waals surface area contributed by atoms with Crippen LogP contribution in [0.5, 0.6) is 0 Å². The molecular formula is C30H36N4O2. The molecule has 2 saturated heterocycles. The summed E-state index contributed by atoms with van der Waals surface area (Å²) in [7, 11) is 2.03. The SMILES string of the molecule is Cn1cc(CN2CC(=O)N3CCN(Cc4ccc(C5CCCCC5)cc4)CC3C2=O)c2ccccc21. The maximum Gasteiger partial charge on any atom is 0.247 e. The van der Waals surface area contributed by atoms with E-state index in [9.17, 15) is 9.59 Å². The molecule has 1 saturated carbocycles.